The van der Waals surface area contributed by atoms with Crippen LogP contribution in [0.15, 0.2) is 24.3 Å². The highest BCUT2D eigenvalue weighted by Crippen LogP contribution is 2.16. The second-order valence-electron chi connectivity index (χ2n) is 7.65. The zero-order chi connectivity index (χ0) is 17.3. The fourth-order valence-electron chi connectivity index (χ4n) is 2.05. The van der Waals surface area contributed by atoms with Gasteiger partial charge < -0.3 is 4.74 Å². The van der Waals surface area contributed by atoms with E-state index in [1.807, 2.05) is 28.9 Å². The lowest BCUT2D eigenvalue weighted by atomic mass is 10.3. The second-order valence-corrected chi connectivity index (χ2v) is 17.4. The number of nitrogens with zero attached hydrogens (tertiary/aromatic N) is 3. The van der Waals surface area contributed by atoms with Crippen LogP contribution >= 0.6 is 0 Å². The number of aromatic nitrogens is 3. The van der Waals surface area contributed by atoms with Gasteiger partial charge in [-0.15, -0.1) is 10.6 Å². The first-order valence-electron chi connectivity index (χ1n) is 7.75. The Balaban J connectivity index is 2.58. The average Bonchev–Trinajstić information content (AvgIpc) is 2.88. The first-order chi connectivity index (χ1) is 10.6. The maximum Gasteiger partial charge on any atom is 0.135 e. The molecule has 1 aromatic carbocycles. The molecular weight excluding hydrogens is 318 g/mol. The fraction of sp³-hybridized carbons (Fsp3) is 0.412. The van der Waals surface area contributed by atoms with Crippen molar-refractivity contribution in [3.05, 3.63) is 30.0 Å². The molecule has 122 valence electrons. The van der Waals surface area contributed by atoms with Crippen LogP contribution in [-0.2, 0) is 0 Å². The lowest BCUT2D eigenvalue weighted by molar-refractivity contribution is 0.414. The topological polar surface area (TPSA) is 39.9 Å². The summed E-state index contributed by atoms with van der Waals surface area (Å²) < 4.78 is 7.09. The standard InChI is InChI=1S/C17H25N3OSi2/c1-21-15-10-8-14(9-11-15)20-16(12-13-22(2,3)4)17(18-19-20)23(5,6)7/h8-11H,1-7H3. The van der Waals surface area contributed by atoms with Gasteiger partial charge in [0.2, 0.25) is 0 Å². The quantitative estimate of drug-likeness (QED) is 0.635. The molecule has 4 nitrogen and oxygen atoms in total. The molecule has 0 saturated heterocycles. The molecule has 1 aromatic heterocycles. The van der Waals surface area contributed by atoms with Crippen molar-refractivity contribution in [1.82, 2.24) is 15.0 Å². The first-order valence-corrected chi connectivity index (χ1v) is 14.8. The summed E-state index contributed by atoms with van der Waals surface area (Å²) in [6.45, 7) is 13.6. The zero-order valence-corrected chi connectivity index (χ0v) is 17.1. The highest BCUT2D eigenvalue weighted by Gasteiger charge is 2.26. The van der Waals surface area contributed by atoms with E-state index in [0.29, 0.717) is 0 Å². The van der Waals surface area contributed by atoms with E-state index >= 15 is 0 Å². The average molecular weight is 344 g/mol. The van der Waals surface area contributed by atoms with Crippen molar-refractivity contribution in [2.24, 2.45) is 0 Å². The summed E-state index contributed by atoms with van der Waals surface area (Å²) in [5.41, 5.74) is 5.36. The van der Waals surface area contributed by atoms with Crippen LogP contribution < -0.4 is 10.1 Å². The van der Waals surface area contributed by atoms with Crippen LogP contribution in [0.5, 0.6) is 5.75 Å². The van der Waals surface area contributed by atoms with Gasteiger partial charge in [0.05, 0.1) is 18.1 Å². The summed E-state index contributed by atoms with van der Waals surface area (Å²) in [7, 11) is -1.41. The van der Waals surface area contributed by atoms with Crippen molar-refractivity contribution >= 4 is 21.5 Å². The molecule has 0 fully saturated rings. The molecule has 6 heteroatoms. The predicted octanol–water partition coefficient (Wildman–Crippen LogP) is 3.05. The molecule has 2 rings (SSSR count). The Labute approximate surface area is 140 Å². The zero-order valence-electron chi connectivity index (χ0n) is 15.1. The lowest BCUT2D eigenvalue weighted by Gasteiger charge is -2.13. The van der Waals surface area contributed by atoms with E-state index < -0.39 is 16.1 Å². The predicted molar refractivity (Wildman–Crippen MR) is 101 cm³/mol. The van der Waals surface area contributed by atoms with Crippen molar-refractivity contribution in [2.75, 3.05) is 7.11 Å². The van der Waals surface area contributed by atoms with Crippen molar-refractivity contribution in [3.8, 4) is 22.9 Å². The molecule has 0 amide bonds. The molecule has 0 aliphatic carbocycles. The molecule has 0 N–H and O–H groups in total. The molecule has 1 heterocycles. The monoisotopic (exact) mass is 343 g/mol. The molecule has 0 spiro atoms. The van der Waals surface area contributed by atoms with Gasteiger partial charge in [0, 0.05) is 0 Å². The SMILES string of the molecule is COc1ccc(-n2nnc([Si](C)(C)C)c2C#C[Si](C)(C)C)cc1. The van der Waals surface area contributed by atoms with Crippen LogP contribution in [0.1, 0.15) is 5.69 Å². The molecule has 2 aromatic rings. The van der Waals surface area contributed by atoms with E-state index in [4.69, 9.17) is 4.74 Å². The Morgan fingerprint density at radius 2 is 1.61 bits per heavy atom. The van der Waals surface area contributed by atoms with E-state index in [2.05, 4.69) is 61.1 Å². The van der Waals surface area contributed by atoms with Gasteiger partial charge in [-0.3, -0.25) is 0 Å². The summed E-state index contributed by atoms with van der Waals surface area (Å²) in [5.74, 6) is 4.22. The second kappa shape index (κ2) is 6.34. The summed E-state index contributed by atoms with van der Waals surface area (Å²) >= 11 is 0. The molecule has 23 heavy (non-hydrogen) atoms. The number of hydrogen-bond donors (Lipinski definition) is 0. The van der Waals surface area contributed by atoms with Crippen molar-refractivity contribution in [3.63, 3.8) is 0 Å². The van der Waals surface area contributed by atoms with E-state index in [1.165, 1.54) is 0 Å². The lowest BCUT2D eigenvalue weighted by Crippen LogP contribution is -2.41. The van der Waals surface area contributed by atoms with Gasteiger partial charge in [-0.05, 0) is 24.3 Å². The Morgan fingerprint density at radius 3 is 2.09 bits per heavy atom. The number of methoxy groups -OCH3 is 1. The van der Waals surface area contributed by atoms with Crippen LogP contribution in [0.25, 0.3) is 5.69 Å². The Hall–Kier alpha value is -1.85. The van der Waals surface area contributed by atoms with Crippen LogP contribution in [0, 0.1) is 11.5 Å². The van der Waals surface area contributed by atoms with E-state index in [-0.39, 0.29) is 0 Å². The fourth-order valence-corrected chi connectivity index (χ4v) is 3.77. The molecule has 0 saturated carbocycles. The summed E-state index contributed by atoms with van der Waals surface area (Å²) in [5, 5.41) is 9.91. The maximum atomic E-state index is 5.23. The highest BCUT2D eigenvalue weighted by atomic mass is 28.3. The van der Waals surface area contributed by atoms with Crippen LogP contribution in [0.3, 0.4) is 0 Å². The minimum absolute atomic E-state index is 0.828. The molecule has 0 aliphatic rings. The number of hydrogen-bond acceptors (Lipinski definition) is 3. The molecule has 0 aliphatic heterocycles. The van der Waals surface area contributed by atoms with E-state index in [9.17, 15) is 0 Å². The van der Waals surface area contributed by atoms with Gasteiger partial charge in [0.1, 0.15) is 27.6 Å². The van der Waals surface area contributed by atoms with Gasteiger partial charge in [0.15, 0.2) is 0 Å². The number of benzene rings is 1. The molecular formula is C17H25N3OSi2. The molecule has 0 atom stereocenters. The molecule has 0 bridgehead atoms. The van der Waals surface area contributed by atoms with Crippen LogP contribution in [0.2, 0.25) is 39.3 Å². The Bertz CT molecular complexity index is 741. The van der Waals surface area contributed by atoms with Gasteiger partial charge in [-0.2, -0.15) is 0 Å². The highest BCUT2D eigenvalue weighted by molar-refractivity contribution is 6.88. The third-order valence-electron chi connectivity index (χ3n) is 3.25. The largest absolute Gasteiger partial charge is 0.497 e. The maximum absolute atomic E-state index is 5.23. The smallest absolute Gasteiger partial charge is 0.135 e. The number of ether oxygens (including phenoxy) is 1. The summed E-state index contributed by atoms with van der Waals surface area (Å²) in [6, 6.07) is 7.84. The van der Waals surface area contributed by atoms with Crippen molar-refractivity contribution < 1.29 is 4.74 Å². The third-order valence-corrected chi connectivity index (χ3v) is 5.89. The third kappa shape index (κ3) is 4.33. The van der Waals surface area contributed by atoms with Crippen LogP contribution in [-0.4, -0.2) is 38.3 Å². The normalized spacial score (nSPS) is 11.8. The Kier molecular flexibility index (Phi) is 4.82. The van der Waals surface area contributed by atoms with Gasteiger partial charge in [-0.1, -0.05) is 50.4 Å². The van der Waals surface area contributed by atoms with E-state index in [0.717, 1.165) is 22.4 Å². The van der Waals surface area contributed by atoms with Gasteiger partial charge >= 0.3 is 0 Å². The Morgan fingerprint density at radius 1 is 1.00 bits per heavy atom. The minimum Gasteiger partial charge on any atom is -0.497 e. The van der Waals surface area contributed by atoms with Crippen LogP contribution in [0.4, 0.5) is 0 Å². The van der Waals surface area contributed by atoms with Crippen molar-refractivity contribution in [1.29, 1.82) is 0 Å². The first kappa shape index (κ1) is 17.5. The van der Waals surface area contributed by atoms with E-state index in [1.54, 1.807) is 7.11 Å². The number of rotatable bonds is 3. The molecule has 0 radical (unpaired) electrons. The van der Waals surface area contributed by atoms with Crippen molar-refractivity contribution in [2.45, 2.75) is 39.3 Å². The van der Waals surface area contributed by atoms with Gasteiger partial charge in [-0.25, -0.2) is 4.68 Å². The minimum atomic E-state index is -1.61. The summed E-state index contributed by atoms with van der Waals surface area (Å²) in [4.78, 5) is 0. The molecule has 0 unspecified atom stereocenters. The summed E-state index contributed by atoms with van der Waals surface area (Å²) in [6.07, 6.45) is 0. The van der Waals surface area contributed by atoms with Gasteiger partial charge in [0.25, 0.3) is 0 Å².